The van der Waals surface area contributed by atoms with Crippen molar-refractivity contribution in [2.45, 2.75) is 39.8 Å². The van der Waals surface area contributed by atoms with Crippen molar-refractivity contribution < 1.29 is 18.7 Å². The number of hydrogen-bond donors (Lipinski definition) is 1. The van der Waals surface area contributed by atoms with Gasteiger partial charge >= 0.3 is 6.09 Å². The summed E-state index contributed by atoms with van der Waals surface area (Å²) < 4.78 is 15.8. The Hall–Kier alpha value is -1.53. The number of nitrogens with zero attached hydrogens (tertiary/aromatic N) is 1. The van der Waals surface area contributed by atoms with Crippen molar-refractivity contribution in [1.82, 2.24) is 10.2 Å². The molecule has 1 aromatic rings. The van der Waals surface area contributed by atoms with Gasteiger partial charge in [0, 0.05) is 26.7 Å². The van der Waals surface area contributed by atoms with E-state index in [9.17, 15) is 4.79 Å². The molecule has 1 heterocycles. The molecule has 0 saturated heterocycles. The molecule has 126 valence electrons. The summed E-state index contributed by atoms with van der Waals surface area (Å²) in [7, 11) is 1.62. The number of carbonyl (C=O) groups excluding carboxylic acids is 1. The summed E-state index contributed by atoms with van der Waals surface area (Å²) in [5.41, 5.74) is 0.622. The Balaban J connectivity index is 2.40. The minimum absolute atomic E-state index is 0.319. The quantitative estimate of drug-likeness (QED) is 0.747. The summed E-state index contributed by atoms with van der Waals surface area (Å²) in [5.74, 6) is 0.917. The van der Waals surface area contributed by atoms with Gasteiger partial charge in [0.25, 0.3) is 0 Å². The number of hydrogen-bond acceptors (Lipinski definition) is 5. The number of methoxy groups -OCH3 is 1. The summed E-state index contributed by atoms with van der Waals surface area (Å²) in [4.78, 5) is 13.8. The normalized spacial score (nSPS) is 11.5. The maximum absolute atomic E-state index is 12.1. The number of nitrogens with one attached hydrogen (secondary N) is 1. The molecule has 0 fully saturated rings. The molecule has 1 aromatic heterocycles. The zero-order chi connectivity index (χ0) is 16.6. The van der Waals surface area contributed by atoms with Crippen LogP contribution in [-0.2, 0) is 16.0 Å². The van der Waals surface area contributed by atoms with Crippen LogP contribution in [-0.4, -0.2) is 49.9 Å². The fraction of sp³-hybridized carbons (Fsp3) is 0.688. The molecule has 0 unspecified atom stereocenters. The second-order valence-corrected chi connectivity index (χ2v) is 6.16. The maximum atomic E-state index is 12.1. The third-order valence-electron chi connectivity index (χ3n) is 3.03. The first-order valence-electron chi connectivity index (χ1n) is 7.54. The van der Waals surface area contributed by atoms with Crippen molar-refractivity contribution in [1.29, 1.82) is 0 Å². The second-order valence-electron chi connectivity index (χ2n) is 6.16. The molecule has 6 nitrogen and oxygen atoms in total. The Labute approximate surface area is 132 Å². The predicted molar refractivity (Wildman–Crippen MR) is 84.8 cm³/mol. The largest absolute Gasteiger partial charge is 0.468 e. The predicted octanol–water partition coefficient (Wildman–Crippen LogP) is 2.56. The molecular formula is C16H28N2O4. The molecule has 0 spiro atoms. The molecule has 0 aromatic carbocycles. The fourth-order valence-electron chi connectivity index (χ4n) is 1.82. The zero-order valence-electron chi connectivity index (χ0n) is 14.3. The Morgan fingerprint density at radius 3 is 2.64 bits per heavy atom. The van der Waals surface area contributed by atoms with Gasteiger partial charge in [0.1, 0.15) is 11.4 Å². The second kappa shape index (κ2) is 8.80. The van der Waals surface area contributed by atoms with Gasteiger partial charge in [0.15, 0.2) is 0 Å². The number of amides is 1. The van der Waals surface area contributed by atoms with Crippen molar-refractivity contribution in [2.75, 3.05) is 33.4 Å². The lowest BCUT2D eigenvalue weighted by atomic mass is 10.2. The van der Waals surface area contributed by atoms with Crippen LogP contribution in [0.15, 0.2) is 16.7 Å². The van der Waals surface area contributed by atoms with Crippen LogP contribution < -0.4 is 5.32 Å². The topological polar surface area (TPSA) is 63.9 Å². The van der Waals surface area contributed by atoms with Crippen LogP contribution in [0.1, 0.15) is 32.1 Å². The molecule has 0 aliphatic rings. The van der Waals surface area contributed by atoms with Crippen molar-refractivity contribution in [3.05, 3.63) is 23.7 Å². The first-order valence-corrected chi connectivity index (χ1v) is 7.54. The minimum Gasteiger partial charge on any atom is -0.468 e. The van der Waals surface area contributed by atoms with E-state index in [-0.39, 0.29) is 6.09 Å². The van der Waals surface area contributed by atoms with Gasteiger partial charge in [-0.25, -0.2) is 4.79 Å². The van der Waals surface area contributed by atoms with Crippen molar-refractivity contribution >= 4 is 6.09 Å². The molecule has 6 heteroatoms. The lowest BCUT2D eigenvalue weighted by Crippen LogP contribution is -2.42. The molecule has 0 saturated carbocycles. The zero-order valence-corrected chi connectivity index (χ0v) is 14.3. The highest BCUT2D eigenvalue weighted by Gasteiger charge is 2.21. The van der Waals surface area contributed by atoms with E-state index < -0.39 is 5.60 Å². The van der Waals surface area contributed by atoms with Gasteiger partial charge in [-0.05, 0) is 39.3 Å². The van der Waals surface area contributed by atoms with Crippen molar-refractivity contribution in [3.63, 3.8) is 0 Å². The van der Waals surface area contributed by atoms with Gasteiger partial charge in [0.2, 0.25) is 0 Å². The van der Waals surface area contributed by atoms with Crippen molar-refractivity contribution in [3.8, 4) is 0 Å². The third-order valence-corrected chi connectivity index (χ3v) is 3.03. The highest BCUT2D eigenvalue weighted by atomic mass is 16.6. The van der Waals surface area contributed by atoms with Gasteiger partial charge < -0.3 is 24.1 Å². The first-order chi connectivity index (χ1) is 10.3. The highest BCUT2D eigenvalue weighted by Crippen LogP contribution is 2.10. The monoisotopic (exact) mass is 312 g/mol. The smallest absolute Gasteiger partial charge is 0.410 e. The van der Waals surface area contributed by atoms with Gasteiger partial charge in [-0.1, -0.05) is 0 Å². The lowest BCUT2D eigenvalue weighted by molar-refractivity contribution is 0.0204. The van der Waals surface area contributed by atoms with E-state index in [0.29, 0.717) is 32.8 Å². The summed E-state index contributed by atoms with van der Waals surface area (Å²) >= 11 is 0. The van der Waals surface area contributed by atoms with Gasteiger partial charge in [-0.3, -0.25) is 0 Å². The van der Waals surface area contributed by atoms with Crippen LogP contribution in [0.5, 0.6) is 0 Å². The average molecular weight is 312 g/mol. The molecule has 1 N–H and O–H groups in total. The third kappa shape index (κ3) is 6.95. The van der Waals surface area contributed by atoms with Crippen molar-refractivity contribution in [2.24, 2.45) is 0 Å². The summed E-state index contributed by atoms with van der Waals surface area (Å²) in [6.07, 6.45) is 1.36. The molecular weight excluding hydrogens is 284 g/mol. The molecule has 1 amide bonds. The highest BCUT2D eigenvalue weighted by molar-refractivity contribution is 5.68. The number of aryl methyl sites for hydroxylation is 1. The fourth-order valence-corrected chi connectivity index (χ4v) is 1.82. The maximum Gasteiger partial charge on any atom is 0.410 e. The van der Waals surface area contributed by atoms with Gasteiger partial charge in [-0.15, -0.1) is 0 Å². The van der Waals surface area contributed by atoms with E-state index >= 15 is 0 Å². The molecule has 0 aliphatic heterocycles. The molecule has 22 heavy (non-hydrogen) atoms. The van der Waals surface area contributed by atoms with Crippen LogP contribution >= 0.6 is 0 Å². The van der Waals surface area contributed by atoms with Gasteiger partial charge in [0.05, 0.1) is 19.4 Å². The molecule has 1 rings (SSSR count). The number of furan rings is 1. The van der Waals surface area contributed by atoms with Crippen LogP contribution in [0, 0.1) is 6.92 Å². The number of ether oxygens (including phenoxy) is 2. The van der Waals surface area contributed by atoms with Crippen LogP contribution in [0.2, 0.25) is 0 Å². The SMILES string of the molecule is COCCN(CCNCc1occc1C)C(=O)OC(C)(C)C. The minimum atomic E-state index is -0.499. The standard InChI is InChI=1S/C16H28N2O4/c1-13-6-10-21-14(13)12-17-7-8-18(9-11-20-5)15(19)22-16(2,3)4/h6,10,17H,7-9,11-12H2,1-5H3. The number of carbonyl (C=O) groups is 1. The summed E-state index contributed by atoms with van der Waals surface area (Å²) in [6, 6.07) is 1.93. The van der Waals surface area contributed by atoms with E-state index in [1.54, 1.807) is 18.3 Å². The molecule has 0 bridgehead atoms. The van der Waals surface area contributed by atoms with Crippen LogP contribution in [0.25, 0.3) is 0 Å². The lowest BCUT2D eigenvalue weighted by Gasteiger charge is -2.27. The van der Waals surface area contributed by atoms with Crippen LogP contribution in [0.3, 0.4) is 0 Å². The average Bonchev–Trinajstić information content (AvgIpc) is 2.81. The Morgan fingerprint density at radius 2 is 2.09 bits per heavy atom. The number of rotatable bonds is 8. The summed E-state index contributed by atoms with van der Waals surface area (Å²) in [6.45, 7) is 10.4. The van der Waals surface area contributed by atoms with Crippen LogP contribution in [0.4, 0.5) is 4.79 Å². The Kier molecular flexibility index (Phi) is 7.41. The Morgan fingerprint density at radius 1 is 1.36 bits per heavy atom. The first kappa shape index (κ1) is 18.5. The Bertz CT molecular complexity index is 451. The van der Waals surface area contributed by atoms with E-state index in [2.05, 4.69) is 5.32 Å². The molecule has 0 aliphatic carbocycles. The van der Waals surface area contributed by atoms with E-state index in [1.165, 1.54) is 0 Å². The van der Waals surface area contributed by atoms with E-state index in [4.69, 9.17) is 13.9 Å². The molecule has 0 atom stereocenters. The summed E-state index contributed by atoms with van der Waals surface area (Å²) in [5, 5.41) is 3.27. The van der Waals surface area contributed by atoms with E-state index in [0.717, 1.165) is 11.3 Å². The molecule has 0 radical (unpaired) electrons. The van der Waals surface area contributed by atoms with Gasteiger partial charge in [-0.2, -0.15) is 0 Å². The van der Waals surface area contributed by atoms with E-state index in [1.807, 2.05) is 33.8 Å².